The minimum absolute atomic E-state index is 0.0152. The van der Waals surface area contributed by atoms with Crippen LogP contribution in [0.25, 0.3) is 0 Å². The summed E-state index contributed by atoms with van der Waals surface area (Å²) in [6, 6.07) is 0. The first-order chi connectivity index (χ1) is 12.2. The molecule has 0 aromatic carbocycles. The molecule has 4 N–H and O–H groups in total. The summed E-state index contributed by atoms with van der Waals surface area (Å²) < 4.78 is 0. The van der Waals surface area contributed by atoms with E-state index in [-0.39, 0.29) is 25.2 Å². The molecule has 3 unspecified atom stereocenters. The highest BCUT2D eigenvalue weighted by Crippen LogP contribution is 2.37. The van der Waals surface area contributed by atoms with E-state index in [1.54, 1.807) is 12.2 Å². The minimum atomic E-state index is -1.81. The molecule has 0 amide bonds. The van der Waals surface area contributed by atoms with Crippen LogP contribution in [0.1, 0.15) is 32.6 Å². The van der Waals surface area contributed by atoms with Gasteiger partial charge in [-0.2, -0.15) is 0 Å². The number of carboxylic acids is 3. The van der Waals surface area contributed by atoms with Crippen molar-refractivity contribution in [3.63, 3.8) is 0 Å². The zero-order valence-corrected chi connectivity index (χ0v) is 15.8. The standard InChI is InChI=1S/C18H27O7P/c1-3-5-13(6-4-2)7-8-14(17(21)22)11-26(25)12-15(18(23)24)9-10-16(19)20/h3-6,14-15,25H,1,7-12H2,2H3,(H,19,20)(H,21,22)(H,23,24)/b6-4-,13-5+. The van der Waals surface area contributed by atoms with Crippen molar-refractivity contribution in [2.45, 2.75) is 32.6 Å². The minimum Gasteiger partial charge on any atom is -0.481 e. The van der Waals surface area contributed by atoms with Gasteiger partial charge in [-0.25, -0.2) is 0 Å². The number of aliphatic carboxylic acids is 3. The molecule has 0 spiro atoms. The van der Waals surface area contributed by atoms with Crippen LogP contribution < -0.4 is 0 Å². The van der Waals surface area contributed by atoms with Crippen LogP contribution in [-0.2, 0) is 14.4 Å². The van der Waals surface area contributed by atoms with Crippen molar-refractivity contribution in [1.29, 1.82) is 0 Å². The second-order valence-electron chi connectivity index (χ2n) is 5.89. The third-order valence-electron chi connectivity index (χ3n) is 3.76. The van der Waals surface area contributed by atoms with Gasteiger partial charge in [0.1, 0.15) is 0 Å². The van der Waals surface area contributed by atoms with Crippen LogP contribution >= 0.6 is 8.15 Å². The topological polar surface area (TPSA) is 132 Å². The molecule has 0 aromatic rings. The van der Waals surface area contributed by atoms with Gasteiger partial charge in [0.25, 0.3) is 0 Å². The van der Waals surface area contributed by atoms with Gasteiger partial charge in [-0.05, 0) is 31.8 Å². The van der Waals surface area contributed by atoms with E-state index in [1.807, 2.05) is 19.1 Å². The van der Waals surface area contributed by atoms with Gasteiger partial charge in [0, 0.05) is 26.9 Å². The second kappa shape index (κ2) is 13.3. The maximum atomic E-state index is 11.4. The Labute approximate surface area is 154 Å². The molecule has 0 aliphatic rings. The van der Waals surface area contributed by atoms with Gasteiger partial charge in [0.05, 0.1) is 11.8 Å². The molecular weight excluding hydrogens is 359 g/mol. The maximum Gasteiger partial charge on any atom is 0.306 e. The van der Waals surface area contributed by atoms with Gasteiger partial charge in [-0.15, -0.1) is 0 Å². The highest BCUT2D eigenvalue weighted by atomic mass is 31.1. The van der Waals surface area contributed by atoms with E-state index >= 15 is 0 Å². The molecule has 0 aliphatic carbocycles. The van der Waals surface area contributed by atoms with E-state index in [2.05, 4.69) is 6.58 Å². The molecule has 0 saturated heterocycles. The molecule has 146 valence electrons. The molecule has 3 atom stereocenters. The number of hydrogen-bond acceptors (Lipinski definition) is 4. The predicted octanol–water partition coefficient (Wildman–Crippen LogP) is 3.11. The highest BCUT2D eigenvalue weighted by molar-refractivity contribution is 7.51. The number of hydrogen-bond donors (Lipinski definition) is 4. The maximum absolute atomic E-state index is 11.4. The SMILES string of the molecule is C=C/C=C(\C=C/C)CCC(CP(O)CC(CCC(=O)O)C(=O)O)C(=O)O. The van der Waals surface area contributed by atoms with Gasteiger partial charge in [-0.3, -0.25) is 14.4 Å². The first-order valence-corrected chi connectivity index (χ1v) is 9.93. The normalized spacial score (nSPS) is 15.4. The van der Waals surface area contributed by atoms with Crippen molar-refractivity contribution in [2.75, 3.05) is 12.3 Å². The number of carboxylic acid groups (broad SMARTS) is 3. The molecule has 26 heavy (non-hydrogen) atoms. The number of allylic oxidation sites excluding steroid dienone is 5. The summed E-state index contributed by atoms with van der Waals surface area (Å²) in [6.07, 6.45) is 7.39. The van der Waals surface area contributed by atoms with Gasteiger partial charge >= 0.3 is 17.9 Å². The molecule has 0 fully saturated rings. The van der Waals surface area contributed by atoms with Crippen LogP contribution in [-0.4, -0.2) is 50.4 Å². The number of carbonyl (C=O) groups is 3. The van der Waals surface area contributed by atoms with Crippen LogP contribution in [0.3, 0.4) is 0 Å². The van der Waals surface area contributed by atoms with Crippen LogP contribution in [0.5, 0.6) is 0 Å². The molecule has 0 aliphatic heterocycles. The Morgan fingerprint density at radius 1 is 1.00 bits per heavy atom. The Bertz CT molecular complexity index is 554. The summed E-state index contributed by atoms with van der Waals surface area (Å²) in [5, 5.41) is 27.2. The van der Waals surface area contributed by atoms with E-state index < -0.39 is 37.9 Å². The third kappa shape index (κ3) is 10.8. The number of rotatable bonds is 14. The lowest BCUT2D eigenvalue weighted by molar-refractivity contribution is -0.142. The third-order valence-corrected chi connectivity index (χ3v) is 5.49. The summed E-state index contributed by atoms with van der Waals surface area (Å²) >= 11 is 0. The molecule has 0 bridgehead atoms. The van der Waals surface area contributed by atoms with Crippen molar-refractivity contribution in [2.24, 2.45) is 11.8 Å². The fourth-order valence-electron chi connectivity index (χ4n) is 2.40. The molecule has 8 heteroatoms. The zero-order chi connectivity index (χ0) is 20.1. The Hall–Kier alpha value is -1.98. The van der Waals surface area contributed by atoms with Crippen molar-refractivity contribution in [3.05, 3.63) is 36.5 Å². The first kappa shape index (κ1) is 24.0. The summed E-state index contributed by atoms with van der Waals surface area (Å²) in [7, 11) is -1.81. The van der Waals surface area contributed by atoms with Gasteiger partial charge in [-0.1, -0.05) is 30.9 Å². The Morgan fingerprint density at radius 3 is 1.88 bits per heavy atom. The van der Waals surface area contributed by atoms with E-state index in [4.69, 9.17) is 10.2 Å². The Kier molecular flexibility index (Phi) is 12.2. The molecule has 0 heterocycles. The first-order valence-electron chi connectivity index (χ1n) is 8.26. The van der Waals surface area contributed by atoms with Crippen molar-refractivity contribution >= 4 is 26.1 Å². The summed E-state index contributed by atoms with van der Waals surface area (Å²) in [4.78, 5) is 43.4. The average molecular weight is 386 g/mol. The predicted molar refractivity (Wildman–Crippen MR) is 100 cm³/mol. The zero-order valence-electron chi connectivity index (χ0n) is 14.9. The van der Waals surface area contributed by atoms with Crippen LogP contribution in [0.2, 0.25) is 0 Å². The van der Waals surface area contributed by atoms with Crippen molar-refractivity contribution in [3.8, 4) is 0 Å². The van der Waals surface area contributed by atoms with Gasteiger partial charge in [0.15, 0.2) is 0 Å². The largest absolute Gasteiger partial charge is 0.481 e. The van der Waals surface area contributed by atoms with Gasteiger partial charge in [0.2, 0.25) is 0 Å². The van der Waals surface area contributed by atoms with Crippen LogP contribution in [0.15, 0.2) is 36.5 Å². The molecule has 7 nitrogen and oxygen atoms in total. The second-order valence-corrected chi connectivity index (χ2v) is 7.63. The lowest BCUT2D eigenvalue weighted by Gasteiger charge is -2.20. The van der Waals surface area contributed by atoms with E-state index in [0.29, 0.717) is 12.8 Å². The molecule has 0 rings (SSSR count). The molecule has 0 saturated carbocycles. The summed E-state index contributed by atoms with van der Waals surface area (Å²) in [6.45, 7) is 5.46. The van der Waals surface area contributed by atoms with Crippen LogP contribution in [0.4, 0.5) is 0 Å². The summed E-state index contributed by atoms with van der Waals surface area (Å²) in [5.41, 5.74) is 0.917. The molecule has 0 aromatic heterocycles. The van der Waals surface area contributed by atoms with Crippen molar-refractivity contribution in [1.82, 2.24) is 0 Å². The molecular formula is C18H27O7P. The van der Waals surface area contributed by atoms with E-state index in [1.165, 1.54) is 0 Å². The fraction of sp³-hybridized carbons (Fsp3) is 0.500. The van der Waals surface area contributed by atoms with E-state index in [9.17, 15) is 24.4 Å². The lowest BCUT2D eigenvalue weighted by atomic mass is 10.0. The summed E-state index contributed by atoms with van der Waals surface area (Å²) in [5.74, 6) is -5.10. The average Bonchev–Trinajstić information content (AvgIpc) is 2.54. The molecule has 0 radical (unpaired) electrons. The quantitative estimate of drug-likeness (QED) is 0.266. The fourth-order valence-corrected chi connectivity index (χ4v) is 4.24. The monoisotopic (exact) mass is 386 g/mol. The Morgan fingerprint density at radius 2 is 1.50 bits per heavy atom. The lowest BCUT2D eigenvalue weighted by Crippen LogP contribution is -2.22. The van der Waals surface area contributed by atoms with Crippen molar-refractivity contribution < 1.29 is 34.6 Å². The smallest absolute Gasteiger partial charge is 0.306 e. The van der Waals surface area contributed by atoms with E-state index in [0.717, 1.165) is 5.57 Å². The highest BCUT2D eigenvalue weighted by Gasteiger charge is 2.27. The van der Waals surface area contributed by atoms with Crippen LogP contribution in [0, 0.1) is 11.8 Å². The Balaban J connectivity index is 4.79. The van der Waals surface area contributed by atoms with Gasteiger partial charge < -0.3 is 20.2 Å².